The van der Waals surface area contributed by atoms with Crippen molar-refractivity contribution in [1.29, 1.82) is 0 Å². The lowest BCUT2D eigenvalue weighted by molar-refractivity contribution is -0.118. The molecule has 1 aliphatic rings. The van der Waals surface area contributed by atoms with E-state index < -0.39 is 0 Å². The van der Waals surface area contributed by atoms with Gasteiger partial charge >= 0.3 is 0 Å². The molecule has 2 amide bonds. The van der Waals surface area contributed by atoms with Crippen LogP contribution in [0.2, 0.25) is 0 Å². The molecule has 0 radical (unpaired) electrons. The van der Waals surface area contributed by atoms with Gasteiger partial charge in [0.15, 0.2) is 0 Å². The van der Waals surface area contributed by atoms with Gasteiger partial charge in [0.05, 0.1) is 11.3 Å². The van der Waals surface area contributed by atoms with Gasteiger partial charge < -0.3 is 29.8 Å². The summed E-state index contributed by atoms with van der Waals surface area (Å²) in [5, 5.41) is 6.49. The van der Waals surface area contributed by atoms with E-state index in [1.165, 1.54) is 0 Å². The highest BCUT2D eigenvalue weighted by Gasteiger charge is 2.30. The van der Waals surface area contributed by atoms with Gasteiger partial charge in [-0.25, -0.2) is 0 Å². The third-order valence-electron chi connectivity index (χ3n) is 8.41. The molecule has 0 aliphatic carbocycles. The molecule has 1 aromatic heterocycles. The average molecular weight is 655 g/mol. The Labute approximate surface area is 287 Å². The average Bonchev–Trinajstić information content (AvgIpc) is 3.74. The smallest absolute Gasteiger partial charge is 0.298 e. The number of fused-ring (bicyclic) bond motifs is 1. The van der Waals surface area contributed by atoms with Crippen LogP contribution in [0.1, 0.15) is 42.1 Å². The number of para-hydroxylation sites is 1. The van der Waals surface area contributed by atoms with Crippen molar-refractivity contribution in [3.63, 3.8) is 0 Å². The maximum Gasteiger partial charge on any atom is 0.298 e. The van der Waals surface area contributed by atoms with Crippen LogP contribution in [0.25, 0.3) is 11.3 Å². The van der Waals surface area contributed by atoms with E-state index >= 15 is 0 Å². The largest absolute Gasteiger partial charge is 0.431 e. The predicted molar refractivity (Wildman–Crippen MR) is 197 cm³/mol. The summed E-state index contributed by atoms with van der Waals surface area (Å²) in [7, 11) is 4.06. The molecule has 2 heterocycles. The first-order chi connectivity index (χ1) is 23.9. The highest BCUT2D eigenvalue weighted by atomic mass is 16.4. The molecule has 1 aliphatic heterocycles. The van der Waals surface area contributed by atoms with Crippen LogP contribution < -0.4 is 20.4 Å². The molecule has 2 N–H and O–H groups in total. The van der Waals surface area contributed by atoms with Crippen LogP contribution >= 0.6 is 0 Å². The summed E-state index contributed by atoms with van der Waals surface area (Å²) in [6.07, 6.45) is 2.89. The molecule has 0 fully saturated rings. The minimum atomic E-state index is -0.226. The number of aromatic nitrogens is 1. The van der Waals surface area contributed by atoms with Crippen LogP contribution in [-0.2, 0) is 22.7 Å². The number of nitrogens with one attached hydrogen (secondary N) is 2. The summed E-state index contributed by atoms with van der Waals surface area (Å²) in [6.45, 7) is 4.57. The fourth-order valence-electron chi connectivity index (χ4n) is 5.95. The van der Waals surface area contributed by atoms with Crippen molar-refractivity contribution in [2.75, 3.05) is 47.6 Å². The molecule has 0 atom stereocenters. The highest BCUT2D eigenvalue weighted by Crippen LogP contribution is 2.38. The number of carbonyl (C=O) groups excluding carboxylic acids is 2. The SMILES string of the molecule is CCC(=O)N(CCCN(C)C)c1ccc(N/C(=C2\C(=O)Nc3ccccc32)c2coc(N(Cc3ccccc3)Cc3ccccc3)n2)cc1. The fraction of sp³-hybridized carbons (Fsp3) is 0.225. The highest BCUT2D eigenvalue weighted by molar-refractivity contribution is 6.37. The summed E-state index contributed by atoms with van der Waals surface area (Å²) >= 11 is 0. The maximum absolute atomic E-state index is 13.5. The van der Waals surface area contributed by atoms with Crippen molar-refractivity contribution < 1.29 is 14.0 Å². The summed E-state index contributed by atoms with van der Waals surface area (Å²) in [4.78, 5) is 37.4. The second kappa shape index (κ2) is 15.5. The van der Waals surface area contributed by atoms with E-state index in [1.54, 1.807) is 6.26 Å². The minimum absolute atomic E-state index is 0.0761. The number of hydrogen-bond donors (Lipinski definition) is 2. The number of benzene rings is 4. The lowest BCUT2D eigenvalue weighted by atomic mass is 10.0. The Hall–Kier alpha value is -5.67. The van der Waals surface area contributed by atoms with Gasteiger partial charge in [-0.15, -0.1) is 0 Å². The zero-order valence-corrected chi connectivity index (χ0v) is 28.2. The zero-order chi connectivity index (χ0) is 34.2. The van der Waals surface area contributed by atoms with Crippen molar-refractivity contribution >= 4 is 46.2 Å². The zero-order valence-electron chi connectivity index (χ0n) is 28.2. The van der Waals surface area contributed by atoms with Crippen LogP contribution in [0.3, 0.4) is 0 Å². The van der Waals surface area contributed by atoms with E-state index in [2.05, 4.69) is 44.7 Å². The van der Waals surface area contributed by atoms with Crippen molar-refractivity contribution in [2.45, 2.75) is 32.9 Å². The predicted octanol–water partition coefficient (Wildman–Crippen LogP) is 7.51. The Bertz CT molecular complexity index is 1860. The Kier molecular flexibility index (Phi) is 10.5. The Morgan fingerprint density at radius 1 is 0.816 bits per heavy atom. The first-order valence-corrected chi connectivity index (χ1v) is 16.7. The minimum Gasteiger partial charge on any atom is -0.431 e. The fourth-order valence-corrected chi connectivity index (χ4v) is 5.95. The number of hydrogen-bond acceptors (Lipinski definition) is 7. The third-order valence-corrected chi connectivity index (χ3v) is 8.41. The first-order valence-electron chi connectivity index (χ1n) is 16.7. The van der Waals surface area contributed by atoms with E-state index in [0.717, 1.165) is 46.7 Å². The molecule has 5 aromatic rings. The quantitative estimate of drug-likeness (QED) is 0.120. The second-order valence-electron chi connectivity index (χ2n) is 12.3. The van der Waals surface area contributed by atoms with E-state index in [0.29, 0.717) is 49.0 Å². The van der Waals surface area contributed by atoms with Crippen molar-refractivity contribution in [3.05, 3.63) is 138 Å². The van der Waals surface area contributed by atoms with Crippen molar-refractivity contribution in [3.8, 4) is 0 Å². The van der Waals surface area contributed by atoms with Gasteiger partial charge in [0.2, 0.25) is 5.91 Å². The van der Waals surface area contributed by atoms with Gasteiger partial charge in [-0.3, -0.25) is 9.59 Å². The summed E-state index contributed by atoms with van der Waals surface area (Å²) in [5.74, 6) is -0.150. The monoisotopic (exact) mass is 654 g/mol. The van der Waals surface area contributed by atoms with Gasteiger partial charge in [0, 0.05) is 48.7 Å². The lowest BCUT2D eigenvalue weighted by Crippen LogP contribution is -2.32. The van der Waals surface area contributed by atoms with Gasteiger partial charge in [-0.1, -0.05) is 85.8 Å². The third kappa shape index (κ3) is 8.08. The number of amides is 2. The summed E-state index contributed by atoms with van der Waals surface area (Å²) in [5.41, 5.74) is 6.84. The molecule has 0 saturated carbocycles. The molecule has 0 unspecified atom stereocenters. The molecule has 250 valence electrons. The van der Waals surface area contributed by atoms with Crippen LogP contribution in [-0.4, -0.2) is 48.9 Å². The van der Waals surface area contributed by atoms with E-state index in [-0.39, 0.29) is 11.8 Å². The van der Waals surface area contributed by atoms with Gasteiger partial charge in [-0.05, 0) is 68.5 Å². The molecule has 0 saturated heterocycles. The van der Waals surface area contributed by atoms with Crippen molar-refractivity contribution in [2.24, 2.45) is 0 Å². The van der Waals surface area contributed by atoms with Gasteiger partial charge in [-0.2, -0.15) is 4.98 Å². The maximum atomic E-state index is 13.5. The van der Waals surface area contributed by atoms with E-state index in [4.69, 9.17) is 9.40 Å². The standard InChI is InChI=1S/C40H42N6O3/c1-4-36(47)46(25-13-24-44(2)3)32-22-20-31(21-23-32)41-38(37-33-18-11-12-19-34(33)42-39(37)48)35-28-49-40(43-35)45(26-29-14-7-5-8-15-29)27-30-16-9-6-10-17-30/h5-12,14-23,28,41H,4,13,24-27H2,1-3H3,(H,42,48)/b38-37-. The van der Waals surface area contributed by atoms with Crippen molar-refractivity contribution in [1.82, 2.24) is 9.88 Å². The Morgan fingerprint density at radius 3 is 2.08 bits per heavy atom. The first kappa shape index (κ1) is 33.2. The number of oxazole rings is 1. The van der Waals surface area contributed by atoms with Crippen LogP contribution in [0.15, 0.2) is 120 Å². The van der Waals surface area contributed by atoms with Crippen LogP contribution in [0, 0.1) is 0 Å². The molecule has 4 aromatic carbocycles. The number of carbonyl (C=O) groups is 2. The number of rotatable bonds is 14. The molecule has 49 heavy (non-hydrogen) atoms. The Balaban J connectivity index is 1.35. The molecule has 9 heteroatoms. The summed E-state index contributed by atoms with van der Waals surface area (Å²) < 4.78 is 6.18. The molecular formula is C40H42N6O3. The Morgan fingerprint density at radius 2 is 1.45 bits per heavy atom. The molecular weight excluding hydrogens is 612 g/mol. The van der Waals surface area contributed by atoms with E-state index in [9.17, 15) is 9.59 Å². The molecule has 9 nitrogen and oxygen atoms in total. The molecule has 0 bridgehead atoms. The van der Waals surface area contributed by atoms with Gasteiger partial charge in [0.25, 0.3) is 11.9 Å². The summed E-state index contributed by atoms with van der Waals surface area (Å²) in [6, 6.07) is 36.2. The normalized spacial score (nSPS) is 13.2. The molecule has 0 spiro atoms. The number of anilines is 4. The number of nitrogens with zero attached hydrogens (tertiary/aromatic N) is 4. The topological polar surface area (TPSA) is 94.0 Å². The van der Waals surface area contributed by atoms with Gasteiger partial charge in [0.1, 0.15) is 12.0 Å². The molecule has 6 rings (SSSR count). The van der Waals surface area contributed by atoms with Crippen LogP contribution in [0.4, 0.5) is 23.1 Å². The van der Waals surface area contributed by atoms with Crippen LogP contribution in [0.5, 0.6) is 0 Å². The lowest BCUT2D eigenvalue weighted by Gasteiger charge is -2.24. The second-order valence-corrected chi connectivity index (χ2v) is 12.3. The van der Waals surface area contributed by atoms with E-state index in [1.807, 2.05) is 111 Å².